The number of nitrogens with zero attached hydrogens (tertiary/aromatic N) is 3. The van der Waals surface area contributed by atoms with E-state index in [0.717, 1.165) is 0 Å². The molecule has 2 N–H and O–H groups in total. The lowest BCUT2D eigenvalue weighted by Gasteiger charge is -2.00. The number of hydrogen-bond acceptors (Lipinski definition) is 3. The third-order valence-corrected chi connectivity index (χ3v) is 2.07. The van der Waals surface area contributed by atoms with E-state index in [4.69, 9.17) is 0 Å². The van der Waals surface area contributed by atoms with Crippen molar-refractivity contribution >= 4 is 11.7 Å². The summed E-state index contributed by atoms with van der Waals surface area (Å²) in [5.41, 5.74) is -1.43. The van der Waals surface area contributed by atoms with Gasteiger partial charge < -0.3 is 5.32 Å². The minimum absolute atomic E-state index is 0.235. The van der Waals surface area contributed by atoms with E-state index in [1.54, 1.807) is 18.3 Å². The number of H-pyrrole nitrogens is 1. The number of aromatic nitrogens is 4. The first-order valence-electron chi connectivity index (χ1n) is 4.80. The molecule has 0 spiro atoms. The van der Waals surface area contributed by atoms with Crippen LogP contribution in [0.5, 0.6) is 0 Å². The highest BCUT2D eigenvalue weighted by Crippen LogP contribution is 2.27. The van der Waals surface area contributed by atoms with Gasteiger partial charge in [-0.05, 0) is 0 Å². The van der Waals surface area contributed by atoms with Crippen LogP contribution in [0.3, 0.4) is 0 Å². The topological polar surface area (TPSA) is 75.6 Å². The molecule has 18 heavy (non-hydrogen) atoms. The van der Waals surface area contributed by atoms with Gasteiger partial charge in [-0.15, -0.1) is 0 Å². The Balaban J connectivity index is 2.12. The molecule has 0 saturated carbocycles. The molecule has 9 heteroatoms. The fourth-order valence-corrected chi connectivity index (χ4v) is 1.25. The summed E-state index contributed by atoms with van der Waals surface area (Å²) in [5, 5.41) is 11.2. The smallest absolute Gasteiger partial charge is 0.304 e. The van der Waals surface area contributed by atoms with Crippen LogP contribution in [0.4, 0.5) is 19.0 Å². The lowest BCUT2D eigenvalue weighted by molar-refractivity contribution is -0.141. The first-order valence-corrected chi connectivity index (χ1v) is 4.80. The molecule has 2 heterocycles. The summed E-state index contributed by atoms with van der Waals surface area (Å²) in [6, 6.07) is 2.15. The van der Waals surface area contributed by atoms with Gasteiger partial charge >= 0.3 is 6.18 Å². The van der Waals surface area contributed by atoms with Gasteiger partial charge in [0.25, 0.3) is 5.91 Å². The van der Waals surface area contributed by atoms with Gasteiger partial charge in [0.1, 0.15) is 5.69 Å². The van der Waals surface area contributed by atoms with Crippen molar-refractivity contribution in [3.63, 3.8) is 0 Å². The Morgan fingerprint density at radius 3 is 2.72 bits per heavy atom. The molecule has 1 amide bonds. The first-order chi connectivity index (χ1) is 8.36. The zero-order valence-corrected chi connectivity index (χ0v) is 9.12. The monoisotopic (exact) mass is 259 g/mol. The Bertz CT molecular complexity index is 571. The molecule has 2 rings (SSSR count). The standard InChI is InChI=1S/C9H8F3N5O/c1-17-3-2-7(16-17)13-8(18)5-4-6(15-14-5)9(10,11)12/h2-4H,1H3,(H,14,15)(H,13,16,18). The van der Waals surface area contributed by atoms with E-state index in [-0.39, 0.29) is 11.5 Å². The summed E-state index contributed by atoms with van der Waals surface area (Å²) in [5.74, 6) is -0.528. The lowest BCUT2D eigenvalue weighted by Crippen LogP contribution is -2.13. The quantitative estimate of drug-likeness (QED) is 0.856. The van der Waals surface area contributed by atoms with Crippen LogP contribution in [-0.2, 0) is 13.2 Å². The van der Waals surface area contributed by atoms with Gasteiger partial charge in [0.2, 0.25) is 0 Å². The summed E-state index contributed by atoms with van der Waals surface area (Å²) < 4.78 is 38.3. The van der Waals surface area contributed by atoms with Crippen molar-refractivity contribution in [2.24, 2.45) is 7.05 Å². The van der Waals surface area contributed by atoms with Crippen LogP contribution in [0.1, 0.15) is 16.2 Å². The van der Waals surface area contributed by atoms with Crippen molar-refractivity contribution in [1.29, 1.82) is 0 Å². The number of aryl methyl sites for hydroxylation is 1. The van der Waals surface area contributed by atoms with Gasteiger partial charge in [-0.1, -0.05) is 0 Å². The van der Waals surface area contributed by atoms with Crippen molar-refractivity contribution in [1.82, 2.24) is 20.0 Å². The Morgan fingerprint density at radius 2 is 2.22 bits per heavy atom. The van der Waals surface area contributed by atoms with E-state index in [1.165, 1.54) is 10.7 Å². The number of rotatable bonds is 2. The number of hydrogen-bond donors (Lipinski definition) is 2. The molecule has 96 valence electrons. The predicted molar refractivity (Wildman–Crippen MR) is 54.8 cm³/mol. The van der Waals surface area contributed by atoms with E-state index in [0.29, 0.717) is 6.07 Å². The number of aromatic amines is 1. The summed E-state index contributed by atoms with van der Waals surface area (Å²) in [7, 11) is 1.64. The van der Waals surface area contributed by atoms with Gasteiger partial charge in [-0.3, -0.25) is 14.6 Å². The molecular formula is C9H8F3N5O. The number of carbonyl (C=O) groups is 1. The van der Waals surface area contributed by atoms with Crippen LogP contribution in [0, 0.1) is 0 Å². The molecule has 0 aliphatic rings. The number of halogens is 3. The van der Waals surface area contributed by atoms with E-state index < -0.39 is 17.8 Å². The van der Waals surface area contributed by atoms with Gasteiger partial charge in [0, 0.05) is 25.4 Å². The second-order valence-electron chi connectivity index (χ2n) is 3.49. The normalized spacial score (nSPS) is 11.6. The highest BCUT2D eigenvalue weighted by molar-refractivity contribution is 6.02. The van der Waals surface area contributed by atoms with Crippen LogP contribution in [0.15, 0.2) is 18.3 Å². The summed E-state index contributed by atoms with van der Waals surface area (Å²) in [4.78, 5) is 11.6. The van der Waals surface area contributed by atoms with Gasteiger partial charge in [-0.25, -0.2) is 0 Å². The highest BCUT2D eigenvalue weighted by atomic mass is 19.4. The molecule has 2 aromatic rings. The minimum atomic E-state index is -4.56. The molecule has 0 atom stereocenters. The molecule has 0 unspecified atom stereocenters. The van der Waals surface area contributed by atoms with E-state index in [9.17, 15) is 18.0 Å². The Kier molecular flexibility index (Phi) is 2.81. The molecular weight excluding hydrogens is 251 g/mol. The number of amides is 1. The zero-order chi connectivity index (χ0) is 13.3. The fraction of sp³-hybridized carbons (Fsp3) is 0.222. The second-order valence-corrected chi connectivity index (χ2v) is 3.49. The summed E-state index contributed by atoms with van der Waals surface area (Å²) in [6.45, 7) is 0. The van der Waals surface area contributed by atoms with Crippen molar-refractivity contribution in [2.75, 3.05) is 5.32 Å². The van der Waals surface area contributed by atoms with Gasteiger partial charge in [-0.2, -0.15) is 23.4 Å². The minimum Gasteiger partial charge on any atom is -0.304 e. The molecule has 0 aliphatic carbocycles. The molecule has 0 aliphatic heterocycles. The largest absolute Gasteiger partial charge is 0.432 e. The Morgan fingerprint density at radius 1 is 1.50 bits per heavy atom. The van der Waals surface area contributed by atoms with Crippen LogP contribution < -0.4 is 5.32 Å². The SMILES string of the molecule is Cn1ccc(NC(=O)c2cc(C(F)(F)F)[nH]n2)n1. The van der Waals surface area contributed by atoms with E-state index in [2.05, 4.69) is 15.5 Å². The molecule has 0 bridgehead atoms. The first kappa shape index (κ1) is 12.1. The predicted octanol–water partition coefficient (Wildman–Crippen LogP) is 1.41. The van der Waals surface area contributed by atoms with Crippen LogP contribution in [-0.4, -0.2) is 25.9 Å². The van der Waals surface area contributed by atoms with E-state index >= 15 is 0 Å². The Hall–Kier alpha value is -2.32. The maximum Gasteiger partial charge on any atom is 0.432 e. The summed E-state index contributed by atoms with van der Waals surface area (Å²) in [6.07, 6.45) is -2.97. The molecule has 0 aromatic carbocycles. The molecule has 2 aromatic heterocycles. The molecule has 0 fully saturated rings. The molecule has 0 radical (unpaired) electrons. The second kappa shape index (κ2) is 4.17. The lowest BCUT2D eigenvalue weighted by atomic mass is 10.3. The molecule has 6 nitrogen and oxygen atoms in total. The van der Waals surface area contributed by atoms with Gasteiger partial charge in [0.15, 0.2) is 11.5 Å². The average molecular weight is 259 g/mol. The maximum atomic E-state index is 12.3. The third-order valence-electron chi connectivity index (χ3n) is 2.07. The number of anilines is 1. The number of nitrogens with one attached hydrogen (secondary N) is 2. The van der Waals surface area contributed by atoms with Crippen molar-refractivity contribution in [3.8, 4) is 0 Å². The number of alkyl halides is 3. The average Bonchev–Trinajstić information content (AvgIpc) is 2.85. The molecule has 0 saturated heterocycles. The van der Waals surface area contributed by atoms with Crippen LogP contribution in [0.25, 0.3) is 0 Å². The van der Waals surface area contributed by atoms with Gasteiger partial charge in [0.05, 0.1) is 0 Å². The van der Waals surface area contributed by atoms with Crippen LogP contribution in [0.2, 0.25) is 0 Å². The van der Waals surface area contributed by atoms with Crippen molar-refractivity contribution in [2.45, 2.75) is 6.18 Å². The van der Waals surface area contributed by atoms with Crippen molar-refractivity contribution in [3.05, 3.63) is 29.7 Å². The maximum absolute atomic E-state index is 12.3. The van der Waals surface area contributed by atoms with E-state index in [1.807, 2.05) is 0 Å². The third kappa shape index (κ3) is 2.50. The van der Waals surface area contributed by atoms with Crippen LogP contribution >= 0.6 is 0 Å². The number of carbonyl (C=O) groups excluding carboxylic acids is 1. The van der Waals surface area contributed by atoms with Crippen molar-refractivity contribution < 1.29 is 18.0 Å². The summed E-state index contributed by atoms with van der Waals surface area (Å²) >= 11 is 0. The fourth-order valence-electron chi connectivity index (χ4n) is 1.25. The zero-order valence-electron chi connectivity index (χ0n) is 9.12. The highest BCUT2D eigenvalue weighted by Gasteiger charge is 2.33. The Labute approximate surface area is 98.8 Å².